The van der Waals surface area contributed by atoms with Crippen molar-refractivity contribution >= 4 is 11.8 Å². The summed E-state index contributed by atoms with van der Waals surface area (Å²) in [5.41, 5.74) is 7.77. The van der Waals surface area contributed by atoms with E-state index in [9.17, 15) is 4.79 Å². The maximum atomic E-state index is 10.8. The first-order chi connectivity index (χ1) is 11.0. The Kier molecular flexibility index (Phi) is 3.91. The number of carbonyl (C=O) groups is 1. The molecule has 2 N–H and O–H groups in total. The van der Waals surface area contributed by atoms with Crippen LogP contribution in [0.5, 0.6) is 5.75 Å². The topological polar surface area (TPSA) is 77.0 Å². The molecule has 1 aliphatic rings. The molecule has 0 radical (unpaired) electrons. The Morgan fingerprint density at radius 2 is 1.96 bits per heavy atom. The second-order valence-corrected chi connectivity index (χ2v) is 5.51. The van der Waals surface area contributed by atoms with Crippen molar-refractivity contribution in [2.75, 3.05) is 7.05 Å². The number of carbonyl (C=O) groups excluding carboxylic acids is 1. The van der Waals surface area contributed by atoms with E-state index >= 15 is 0 Å². The van der Waals surface area contributed by atoms with Crippen LogP contribution in [0, 0.1) is 0 Å². The van der Waals surface area contributed by atoms with Gasteiger partial charge in [-0.2, -0.15) is 0 Å². The standard InChI is InChI=1S/C17H16N4O2/c1-21(11-13-6-3-2-4-7-13)12-16(19-20-21)14-8-5-9-15(10-14)23-17(18)22/h2-10,12H,11H2,1H3,(H-,18,22)/p+1. The number of quaternary nitrogens is 1. The normalized spacial score (nSPS) is 19.4. The minimum Gasteiger partial charge on any atom is -0.410 e. The summed E-state index contributed by atoms with van der Waals surface area (Å²) >= 11 is 0. The molecule has 1 atom stereocenters. The molecule has 0 fully saturated rings. The van der Waals surface area contributed by atoms with E-state index in [-0.39, 0.29) is 0 Å². The molecular formula is C17H17N4O2+. The van der Waals surface area contributed by atoms with Crippen molar-refractivity contribution in [2.45, 2.75) is 6.54 Å². The van der Waals surface area contributed by atoms with Crippen LogP contribution in [-0.4, -0.2) is 17.7 Å². The maximum absolute atomic E-state index is 10.8. The van der Waals surface area contributed by atoms with Crippen LogP contribution in [0.3, 0.4) is 0 Å². The van der Waals surface area contributed by atoms with E-state index in [1.165, 1.54) is 5.56 Å². The summed E-state index contributed by atoms with van der Waals surface area (Å²) in [5.74, 6) is 0.385. The molecule has 2 aromatic carbocycles. The minimum absolute atomic E-state index is 0.334. The lowest BCUT2D eigenvalue weighted by atomic mass is 10.1. The monoisotopic (exact) mass is 309 g/mol. The Balaban J connectivity index is 1.82. The molecule has 0 saturated heterocycles. The van der Waals surface area contributed by atoms with Crippen LogP contribution in [0.4, 0.5) is 4.79 Å². The second kappa shape index (κ2) is 6.02. The lowest BCUT2D eigenvalue weighted by molar-refractivity contribution is -0.880. The highest BCUT2D eigenvalue weighted by Gasteiger charge is 2.27. The molecule has 6 heteroatoms. The van der Waals surface area contributed by atoms with Gasteiger partial charge >= 0.3 is 6.09 Å². The van der Waals surface area contributed by atoms with E-state index in [1.807, 2.05) is 37.5 Å². The maximum Gasteiger partial charge on any atom is 0.409 e. The third kappa shape index (κ3) is 3.61. The van der Waals surface area contributed by atoms with Gasteiger partial charge in [-0.15, -0.1) is 4.59 Å². The van der Waals surface area contributed by atoms with E-state index < -0.39 is 6.09 Å². The highest BCUT2D eigenvalue weighted by molar-refractivity contribution is 5.70. The molecule has 0 bridgehead atoms. The minimum atomic E-state index is -0.839. The fourth-order valence-electron chi connectivity index (χ4n) is 2.46. The van der Waals surface area contributed by atoms with Crippen molar-refractivity contribution in [3.8, 4) is 5.75 Å². The van der Waals surface area contributed by atoms with Crippen LogP contribution in [0.15, 0.2) is 71.1 Å². The lowest BCUT2D eigenvalue weighted by Crippen LogP contribution is -2.29. The number of nitrogens with two attached hydrogens (primary N) is 1. The van der Waals surface area contributed by atoms with E-state index in [2.05, 4.69) is 22.5 Å². The van der Waals surface area contributed by atoms with Gasteiger partial charge in [-0.25, -0.2) is 4.79 Å². The zero-order valence-electron chi connectivity index (χ0n) is 12.7. The molecule has 0 saturated carbocycles. The molecule has 116 valence electrons. The third-order valence-corrected chi connectivity index (χ3v) is 3.45. The number of ether oxygens (including phenoxy) is 1. The summed E-state index contributed by atoms with van der Waals surface area (Å²) in [4.78, 5) is 10.8. The number of primary amides is 1. The Bertz CT molecular complexity index is 786. The number of hydrogen-bond acceptors (Lipinski definition) is 4. The molecule has 1 aliphatic heterocycles. The van der Waals surface area contributed by atoms with Crippen LogP contribution in [-0.2, 0) is 6.54 Å². The first-order valence-corrected chi connectivity index (χ1v) is 7.17. The van der Waals surface area contributed by atoms with Crippen molar-refractivity contribution < 1.29 is 14.1 Å². The molecule has 3 rings (SSSR count). The zero-order valence-corrected chi connectivity index (χ0v) is 12.7. The van der Waals surface area contributed by atoms with Crippen molar-refractivity contribution in [3.63, 3.8) is 0 Å². The van der Waals surface area contributed by atoms with Gasteiger partial charge in [0.05, 0.1) is 7.05 Å². The molecule has 6 nitrogen and oxygen atoms in total. The Morgan fingerprint density at radius 3 is 2.70 bits per heavy atom. The Morgan fingerprint density at radius 1 is 1.17 bits per heavy atom. The van der Waals surface area contributed by atoms with Gasteiger partial charge in [-0.3, -0.25) is 0 Å². The summed E-state index contributed by atoms with van der Waals surface area (Å²) in [7, 11) is 1.98. The summed E-state index contributed by atoms with van der Waals surface area (Å²) in [6, 6.07) is 17.2. The molecule has 0 aliphatic carbocycles. The second-order valence-electron chi connectivity index (χ2n) is 5.51. The van der Waals surface area contributed by atoms with Crippen molar-refractivity contribution in [1.29, 1.82) is 0 Å². The van der Waals surface area contributed by atoms with E-state index in [0.29, 0.717) is 16.9 Å². The van der Waals surface area contributed by atoms with Gasteiger partial charge in [0.25, 0.3) is 0 Å². The fraction of sp³-hybridized carbons (Fsp3) is 0.118. The summed E-state index contributed by atoms with van der Waals surface area (Å²) < 4.78 is 5.23. The average Bonchev–Trinajstić information content (AvgIpc) is 2.90. The van der Waals surface area contributed by atoms with Gasteiger partial charge in [-0.05, 0) is 12.1 Å². The number of benzene rings is 2. The highest BCUT2D eigenvalue weighted by atomic mass is 16.5. The molecule has 1 heterocycles. The fourth-order valence-corrected chi connectivity index (χ4v) is 2.46. The number of nitrogens with zero attached hydrogens (tertiary/aromatic N) is 3. The molecular weight excluding hydrogens is 292 g/mol. The Hall–Kier alpha value is -2.99. The Labute approximate surface area is 134 Å². The lowest BCUT2D eigenvalue weighted by Gasteiger charge is -2.17. The van der Waals surface area contributed by atoms with Crippen molar-refractivity contribution in [2.24, 2.45) is 16.1 Å². The quantitative estimate of drug-likeness (QED) is 0.878. The highest BCUT2D eigenvalue weighted by Crippen LogP contribution is 2.30. The zero-order chi connectivity index (χ0) is 16.3. The van der Waals surface area contributed by atoms with Crippen LogP contribution in [0.2, 0.25) is 0 Å². The number of amides is 1. The van der Waals surface area contributed by atoms with Gasteiger partial charge in [0.1, 0.15) is 12.3 Å². The predicted molar refractivity (Wildman–Crippen MR) is 85.8 cm³/mol. The molecule has 23 heavy (non-hydrogen) atoms. The number of hydrogen-bond donors (Lipinski definition) is 1. The predicted octanol–water partition coefficient (Wildman–Crippen LogP) is 3.47. The molecule has 1 unspecified atom stereocenters. The van der Waals surface area contributed by atoms with Gasteiger partial charge in [0.15, 0.2) is 11.9 Å². The first kappa shape index (κ1) is 14.9. The van der Waals surface area contributed by atoms with Gasteiger partial charge in [0.2, 0.25) is 0 Å². The van der Waals surface area contributed by atoms with Crippen molar-refractivity contribution in [1.82, 2.24) is 0 Å². The first-order valence-electron chi connectivity index (χ1n) is 7.17. The van der Waals surface area contributed by atoms with Gasteiger partial charge < -0.3 is 10.5 Å². The van der Waals surface area contributed by atoms with Crippen molar-refractivity contribution in [3.05, 3.63) is 71.9 Å². The largest absolute Gasteiger partial charge is 0.410 e. The van der Waals surface area contributed by atoms with Crippen LogP contribution < -0.4 is 10.5 Å². The van der Waals surface area contributed by atoms with Crippen LogP contribution in [0.1, 0.15) is 11.1 Å². The SMILES string of the molecule is C[N+]1(Cc2ccccc2)C=C(c2cccc(OC(N)=O)c2)N=N1. The summed E-state index contributed by atoms with van der Waals surface area (Å²) in [5, 5.41) is 8.61. The average molecular weight is 309 g/mol. The van der Waals surface area contributed by atoms with E-state index in [1.54, 1.807) is 18.2 Å². The number of rotatable bonds is 4. The smallest absolute Gasteiger partial charge is 0.409 e. The third-order valence-electron chi connectivity index (χ3n) is 3.45. The van der Waals surface area contributed by atoms with E-state index in [4.69, 9.17) is 10.5 Å². The molecule has 0 aromatic heterocycles. The molecule has 1 amide bonds. The molecule has 0 spiro atoms. The van der Waals surface area contributed by atoms with Gasteiger partial charge in [-0.1, -0.05) is 47.6 Å². The van der Waals surface area contributed by atoms with Crippen LogP contribution >= 0.6 is 0 Å². The summed E-state index contributed by atoms with van der Waals surface area (Å²) in [6.07, 6.45) is 1.13. The van der Waals surface area contributed by atoms with Crippen LogP contribution in [0.25, 0.3) is 5.70 Å². The van der Waals surface area contributed by atoms with Gasteiger partial charge in [0, 0.05) is 16.4 Å². The molecule has 2 aromatic rings. The van der Waals surface area contributed by atoms with E-state index in [0.717, 1.165) is 11.3 Å². The summed E-state index contributed by atoms with van der Waals surface area (Å²) in [6.45, 7) is 0.714.